The van der Waals surface area contributed by atoms with Crippen LogP contribution in [0, 0.1) is 5.82 Å². The molecule has 40 heavy (non-hydrogen) atoms. The van der Waals surface area contributed by atoms with Crippen LogP contribution in [0.25, 0.3) is 10.9 Å². The molecule has 206 valence electrons. The zero-order valence-electron chi connectivity index (χ0n) is 22.8. The third kappa shape index (κ3) is 4.30. The highest BCUT2D eigenvalue weighted by Gasteiger charge is 2.46. The summed E-state index contributed by atoms with van der Waals surface area (Å²) >= 11 is 0. The van der Waals surface area contributed by atoms with E-state index in [1.54, 1.807) is 48.2 Å². The van der Waals surface area contributed by atoms with E-state index in [4.69, 9.17) is 9.47 Å². The molecule has 0 radical (unpaired) electrons. The predicted octanol–water partition coefficient (Wildman–Crippen LogP) is 6.65. The quantitative estimate of drug-likeness (QED) is 0.263. The molecule has 1 amide bonds. The van der Waals surface area contributed by atoms with Crippen molar-refractivity contribution in [1.82, 2.24) is 9.78 Å². The number of hydrogen-bond donors (Lipinski definition) is 0. The van der Waals surface area contributed by atoms with Crippen LogP contribution in [-0.4, -0.2) is 40.4 Å². The van der Waals surface area contributed by atoms with Crippen LogP contribution in [-0.2, 0) is 14.3 Å². The van der Waals surface area contributed by atoms with Gasteiger partial charge in [-0.05, 0) is 101 Å². The van der Waals surface area contributed by atoms with Gasteiger partial charge in [-0.15, -0.1) is 0 Å². The average molecular weight is 543 g/mol. The number of amides is 1. The second kappa shape index (κ2) is 10.1. The summed E-state index contributed by atoms with van der Waals surface area (Å²) in [5, 5.41) is 5.58. The Hall–Kier alpha value is -4.24. The van der Waals surface area contributed by atoms with E-state index in [9.17, 15) is 14.0 Å². The molecule has 6 rings (SSSR count). The van der Waals surface area contributed by atoms with Crippen LogP contribution in [0.3, 0.4) is 0 Å². The third-order valence-corrected chi connectivity index (χ3v) is 7.61. The first-order chi connectivity index (χ1) is 19.3. The Balaban J connectivity index is 1.54. The van der Waals surface area contributed by atoms with Gasteiger partial charge in [-0.25, -0.2) is 13.9 Å². The van der Waals surface area contributed by atoms with Gasteiger partial charge in [0.1, 0.15) is 11.4 Å². The van der Waals surface area contributed by atoms with Gasteiger partial charge in [0.05, 0.1) is 35.3 Å². The normalized spacial score (nSPS) is 18.6. The van der Waals surface area contributed by atoms with Crippen molar-refractivity contribution >= 4 is 45.5 Å². The van der Waals surface area contributed by atoms with E-state index >= 15 is 0 Å². The zero-order valence-corrected chi connectivity index (χ0v) is 22.8. The number of carbonyl (C=O) groups is 2. The number of anilines is 4. The van der Waals surface area contributed by atoms with Crippen molar-refractivity contribution in [3.8, 4) is 0 Å². The number of aromatic nitrogens is 2. The Bertz CT molecular complexity index is 1570. The highest BCUT2D eigenvalue weighted by Crippen LogP contribution is 2.49. The number of nitrogens with zero attached hydrogens (tertiary/aromatic N) is 4. The fraction of sp³-hybridized carbons (Fsp3) is 0.323. The third-order valence-electron chi connectivity index (χ3n) is 7.61. The number of fused-ring (bicyclic) bond motifs is 2. The largest absolute Gasteiger partial charge is 0.462 e. The van der Waals surface area contributed by atoms with E-state index in [0.717, 1.165) is 35.9 Å². The molecule has 0 saturated carbocycles. The predicted molar refractivity (Wildman–Crippen MR) is 151 cm³/mol. The average Bonchev–Trinajstić information content (AvgIpc) is 3.37. The monoisotopic (exact) mass is 542 g/mol. The van der Waals surface area contributed by atoms with Gasteiger partial charge in [-0.1, -0.05) is 0 Å². The lowest BCUT2D eigenvalue weighted by atomic mass is 9.92. The lowest BCUT2D eigenvalue weighted by Crippen LogP contribution is -2.57. The molecule has 9 heteroatoms. The molecule has 3 heterocycles. The summed E-state index contributed by atoms with van der Waals surface area (Å²) in [5.41, 5.74) is 2.98. The fourth-order valence-corrected chi connectivity index (χ4v) is 5.62. The van der Waals surface area contributed by atoms with E-state index in [-0.39, 0.29) is 24.6 Å². The second-order valence-corrected chi connectivity index (χ2v) is 10.6. The van der Waals surface area contributed by atoms with Crippen molar-refractivity contribution in [3.05, 3.63) is 78.2 Å². The molecular weight excluding hydrogens is 511 g/mol. The summed E-state index contributed by atoms with van der Waals surface area (Å²) in [6.45, 7) is 6.42. The van der Waals surface area contributed by atoms with Gasteiger partial charge >= 0.3 is 5.97 Å². The first-order valence-electron chi connectivity index (χ1n) is 13.6. The number of esters is 1. The van der Waals surface area contributed by atoms with E-state index in [1.807, 2.05) is 41.8 Å². The molecule has 1 atom stereocenters. The maximum atomic E-state index is 14.3. The van der Waals surface area contributed by atoms with Gasteiger partial charge < -0.3 is 14.4 Å². The number of halogens is 1. The molecule has 2 aliphatic rings. The van der Waals surface area contributed by atoms with Gasteiger partial charge in [-0.3, -0.25) is 9.69 Å². The zero-order chi connectivity index (χ0) is 28.0. The molecule has 8 nitrogen and oxygen atoms in total. The van der Waals surface area contributed by atoms with Gasteiger partial charge in [-0.2, -0.15) is 5.10 Å². The van der Waals surface area contributed by atoms with Crippen molar-refractivity contribution < 1.29 is 23.5 Å². The molecular formula is C31H31FN4O4. The van der Waals surface area contributed by atoms with E-state index in [2.05, 4.69) is 5.10 Å². The lowest BCUT2D eigenvalue weighted by Gasteiger charge is -2.48. The minimum atomic E-state index is -1.03. The van der Waals surface area contributed by atoms with E-state index in [1.165, 1.54) is 12.1 Å². The second-order valence-electron chi connectivity index (χ2n) is 10.6. The molecule has 1 fully saturated rings. The Kier molecular flexibility index (Phi) is 6.54. The van der Waals surface area contributed by atoms with Crippen molar-refractivity contribution in [2.75, 3.05) is 23.0 Å². The van der Waals surface area contributed by atoms with Gasteiger partial charge in [0.2, 0.25) is 0 Å². The Morgan fingerprint density at radius 2 is 1.77 bits per heavy atom. The molecule has 1 unspecified atom stereocenters. The van der Waals surface area contributed by atoms with Crippen molar-refractivity contribution in [2.45, 2.75) is 51.8 Å². The molecule has 1 saturated heterocycles. The van der Waals surface area contributed by atoms with Crippen molar-refractivity contribution in [1.29, 1.82) is 0 Å². The van der Waals surface area contributed by atoms with Crippen LogP contribution >= 0.6 is 0 Å². The topological polar surface area (TPSA) is 76.9 Å². The number of rotatable bonds is 5. The number of carbonyl (C=O) groups excluding carboxylic acids is 2. The first kappa shape index (κ1) is 26.0. The minimum Gasteiger partial charge on any atom is -0.462 e. The molecule has 0 N–H and O–H groups in total. The summed E-state index contributed by atoms with van der Waals surface area (Å²) in [7, 11) is 0. The molecule has 0 bridgehead atoms. The smallest absolute Gasteiger partial charge is 0.338 e. The Morgan fingerprint density at radius 1 is 1.05 bits per heavy atom. The summed E-state index contributed by atoms with van der Waals surface area (Å²) in [6.07, 6.45) is 4.59. The summed E-state index contributed by atoms with van der Waals surface area (Å²) in [5.74, 6) is -0.939. The van der Waals surface area contributed by atoms with Gasteiger partial charge in [0, 0.05) is 23.4 Å². The van der Waals surface area contributed by atoms with Crippen LogP contribution in [0.5, 0.6) is 0 Å². The van der Waals surface area contributed by atoms with Crippen LogP contribution in [0.1, 0.15) is 56.6 Å². The highest BCUT2D eigenvalue weighted by atomic mass is 19.1. The first-order valence-corrected chi connectivity index (χ1v) is 13.6. The van der Waals surface area contributed by atoms with E-state index in [0.29, 0.717) is 29.2 Å². The summed E-state index contributed by atoms with van der Waals surface area (Å²) in [6, 6.07) is 17.0. The Morgan fingerprint density at radius 3 is 2.45 bits per heavy atom. The molecule has 0 spiro atoms. The summed E-state index contributed by atoms with van der Waals surface area (Å²) < 4.78 is 26.9. The molecule has 4 aromatic rings. The van der Waals surface area contributed by atoms with Crippen LogP contribution in [0.4, 0.5) is 27.1 Å². The lowest BCUT2D eigenvalue weighted by molar-refractivity contribution is -0.122. The van der Waals surface area contributed by atoms with Crippen molar-refractivity contribution in [2.24, 2.45) is 0 Å². The van der Waals surface area contributed by atoms with Crippen LogP contribution in [0.2, 0.25) is 0 Å². The standard InChI is InChI=1S/C31H31FN4O4/c1-4-39-29(37)20-8-12-23(13-9-20)34-26-18-25-21(19-33-36(25)28-7-5-6-16-40-28)17-27(26)35(31(2,3)30(34)38)24-14-10-22(32)11-15-24/h8-15,17-19,28H,4-7,16H2,1-3H3. The molecule has 1 aromatic heterocycles. The van der Waals surface area contributed by atoms with Gasteiger partial charge in [0.25, 0.3) is 5.91 Å². The Labute approximate surface area is 231 Å². The highest BCUT2D eigenvalue weighted by molar-refractivity contribution is 6.16. The fourth-order valence-electron chi connectivity index (χ4n) is 5.62. The molecule has 3 aromatic carbocycles. The minimum absolute atomic E-state index is 0.174. The van der Waals surface area contributed by atoms with Crippen LogP contribution < -0.4 is 9.80 Å². The number of hydrogen-bond acceptors (Lipinski definition) is 6. The maximum Gasteiger partial charge on any atom is 0.338 e. The SMILES string of the molecule is CCOC(=O)c1ccc(N2C(=O)C(C)(C)N(c3ccc(F)cc3)c3cc4cnn(C5CCCCO5)c4cc32)cc1. The summed E-state index contributed by atoms with van der Waals surface area (Å²) in [4.78, 5) is 30.2. The number of ether oxygens (including phenoxy) is 2. The maximum absolute atomic E-state index is 14.3. The number of benzene rings is 3. The van der Waals surface area contributed by atoms with Crippen molar-refractivity contribution in [3.63, 3.8) is 0 Å². The molecule has 0 aliphatic carbocycles. The van der Waals surface area contributed by atoms with Crippen LogP contribution in [0.15, 0.2) is 66.9 Å². The van der Waals surface area contributed by atoms with Gasteiger partial charge in [0.15, 0.2) is 6.23 Å². The van der Waals surface area contributed by atoms with E-state index < -0.39 is 11.5 Å². The molecule has 2 aliphatic heterocycles.